The van der Waals surface area contributed by atoms with E-state index < -0.39 is 17.4 Å². The third-order valence-corrected chi connectivity index (χ3v) is 5.03. The van der Waals surface area contributed by atoms with E-state index in [1.54, 1.807) is 25.1 Å². The lowest BCUT2D eigenvalue weighted by Crippen LogP contribution is -2.31. The van der Waals surface area contributed by atoms with E-state index in [-0.39, 0.29) is 12.2 Å². The molecule has 0 aliphatic heterocycles. The Morgan fingerprint density at radius 3 is 2.52 bits per heavy atom. The molecule has 0 aliphatic rings. The Balaban J connectivity index is 1.70. The maximum Gasteiger partial charge on any atom is 0.350 e. The number of hydrogen-bond donors (Lipinski definition) is 1. The Kier molecular flexibility index (Phi) is 5.49. The van der Waals surface area contributed by atoms with Crippen molar-refractivity contribution in [1.82, 2.24) is 9.55 Å². The molecule has 156 valence electrons. The molecule has 4 aromatic rings. The topological polar surface area (TPSA) is 67.2 Å². The summed E-state index contributed by atoms with van der Waals surface area (Å²) < 4.78 is 15.4. The van der Waals surface area contributed by atoms with Gasteiger partial charge in [0.1, 0.15) is 18.2 Å². The monoisotopic (exact) mass is 416 g/mol. The van der Waals surface area contributed by atoms with Crippen LogP contribution in [0.15, 0.2) is 77.6 Å². The standard InChI is InChI=1S/C24H21FN4O2/c1-16-12-13-20(19(25)14-16)26-22(30)15-29-21-11-7-6-10-18(21)23(27-24(29)31)28(2)17-8-4-3-5-9-17/h3-14H,15H2,1-2H3,(H,26,30). The SMILES string of the molecule is Cc1ccc(NC(=O)Cn2c(=O)nc(N(C)c3ccccc3)c3ccccc32)c(F)c1. The van der Waals surface area contributed by atoms with Gasteiger partial charge in [-0.2, -0.15) is 4.98 Å². The van der Waals surface area contributed by atoms with E-state index >= 15 is 0 Å². The molecule has 0 radical (unpaired) electrons. The van der Waals surface area contributed by atoms with E-state index in [4.69, 9.17) is 0 Å². The van der Waals surface area contributed by atoms with Gasteiger partial charge in [-0.15, -0.1) is 0 Å². The third kappa shape index (κ3) is 4.16. The number of para-hydroxylation sites is 2. The molecule has 7 heteroatoms. The highest BCUT2D eigenvalue weighted by Gasteiger charge is 2.17. The summed E-state index contributed by atoms with van der Waals surface area (Å²) in [6, 6.07) is 21.4. The van der Waals surface area contributed by atoms with Gasteiger partial charge in [0.2, 0.25) is 5.91 Å². The number of carbonyl (C=O) groups excluding carboxylic acids is 1. The molecular formula is C24H21FN4O2. The fourth-order valence-electron chi connectivity index (χ4n) is 3.45. The molecule has 0 atom stereocenters. The van der Waals surface area contributed by atoms with Crippen LogP contribution in [-0.4, -0.2) is 22.5 Å². The van der Waals surface area contributed by atoms with E-state index in [2.05, 4.69) is 10.3 Å². The minimum atomic E-state index is -0.559. The van der Waals surface area contributed by atoms with Crippen molar-refractivity contribution < 1.29 is 9.18 Å². The summed E-state index contributed by atoms with van der Waals surface area (Å²) in [7, 11) is 1.83. The minimum Gasteiger partial charge on any atom is -0.329 e. The van der Waals surface area contributed by atoms with Gasteiger partial charge in [-0.05, 0) is 48.9 Å². The Morgan fingerprint density at radius 1 is 1.06 bits per heavy atom. The van der Waals surface area contributed by atoms with Crippen LogP contribution in [0.1, 0.15) is 5.56 Å². The number of anilines is 3. The molecule has 6 nitrogen and oxygen atoms in total. The normalized spacial score (nSPS) is 10.8. The number of aryl methyl sites for hydroxylation is 1. The molecule has 1 heterocycles. The molecule has 0 spiro atoms. The molecular weight excluding hydrogens is 395 g/mol. The zero-order valence-corrected chi connectivity index (χ0v) is 17.2. The summed E-state index contributed by atoms with van der Waals surface area (Å²) >= 11 is 0. The summed E-state index contributed by atoms with van der Waals surface area (Å²) in [5, 5.41) is 3.25. The summed E-state index contributed by atoms with van der Waals surface area (Å²) in [6.07, 6.45) is 0. The van der Waals surface area contributed by atoms with Gasteiger partial charge >= 0.3 is 5.69 Å². The first-order valence-corrected chi connectivity index (χ1v) is 9.78. The van der Waals surface area contributed by atoms with Crippen LogP contribution in [0.25, 0.3) is 10.9 Å². The van der Waals surface area contributed by atoms with Gasteiger partial charge in [-0.3, -0.25) is 9.36 Å². The number of hydrogen-bond acceptors (Lipinski definition) is 4. The van der Waals surface area contributed by atoms with E-state index in [9.17, 15) is 14.0 Å². The minimum absolute atomic E-state index is 0.0707. The zero-order chi connectivity index (χ0) is 22.0. The van der Waals surface area contributed by atoms with Gasteiger partial charge in [-0.1, -0.05) is 36.4 Å². The Morgan fingerprint density at radius 2 is 1.77 bits per heavy atom. The number of fused-ring (bicyclic) bond motifs is 1. The number of aromatic nitrogens is 2. The fourth-order valence-corrected chi connectivity index (χ4v) is 3.45. The van der Waals surface area contributed by atoms with Gasteiger partial charge in [0.25, 0.3) is 0 Å². The van der Waals surface area contributed by atoms with Crippen LogP contribution in [-0.2, 0) is 11.3 Å². The van der Waals surface area contributed by atoms with Crippen molar-refractivity contribution in [3.63, 3.8) is 0 Å². The Labute approximate surface area is 178 Å². The molecule has 0 bridgehead atoms. The van der Waals surface area contributed by atoms with E-state index in [1.807, 2.05) is 54.4 Å². The summed E-state index contributed by atoms with van der Waals surface area (Å²) in [6.45, 7) is 1.48. The number of carbonyl (C=O) groups is 1. The van der Waals surface area contributed by atoms with E-state index in [0.717, 1.165) is 16.6 Å². The van der Waals surface area contributed by atoms with Crippen LogP contribution in [0, 0.1) is 12.7 Å². The zero-order valence-electron chi connectivity index (χ0n) is 17.2. The first-order valence-electron chi connectivity index (χ1n) is 9.78. The van der Waals surface area contributed by atoms with Crippen molar-refractivity contribution in [2.45, 2.75) is 13.5 Å². The Bertz CT molecular complexity index is 1320. The number of nitrogens with one attached hydrogen (secondary N) is 1. The first-order chi connectivity index (χ1) is 14.9. The number of benzene rings is 3. The second-order valence-corrected chi connectivity index (χ2v) is 7.25. The molecule has 0 unspecified atom stereocenters. The molecule has 4 rings (SSSR count). The van der Waals surface area contributed by atoms with Crippen LogP contribution in [0.2, 0.25) is 0 Å². The van der Waals surface area contributed by atoms with Crippen molar-refractivity contribution in [2.75, 3.05) is 17.3 Å². The predicted octanol–water partition coefficient (Wildman–Crippen LogP) is 4.25. The van der Waals surface area contributed by atoms with Crippen molar-refractivity contribution in [2.24, 2.45) is 0 Å². The highest BCUT2D eigenvalue weighted by molar-refractivity contribution is 5.94. The third-order valence-electron chi connectivity index (χ3n) is 5.03. The highest BCUT2D eigenvalue weighted by atomic mass is 19.1. The Hall–Kier alpha value is -4.00. The molecule has 1 aromatic heterocycles. The number of nitrogens with zero attached hydrogens (tertiary/aromatic N) is 3. The quantitative estimate of drug-likeness (QED) is 0.528. The average Bonchev–Trinajstić information content (AvgIpc) is 2.77. The van der Waals surface area contributed by atoms with Crippen LogP contribution < -0.4 is 15.9 Å². The highest BCUT2D eigenvalue weighted by Crippen LogP contribution is 2.27. The second-order valence-electron chi connectivity index (χ2n) is 7.25. The lowest BCUT2D eigenvalue weighted by molar-refractivity contribution is -0.116. The van der Waals surface area contributed by atoms with Crippen LogP contribution in [0.5, 0.6) is 0 Å². The summed E-state index contributed by atoms with van der Waals surface area (Å²) in [4.78, 5) is 31.5. The van der Waals surface area contributed by atoms with Crippen LogP contribution >= 0.6 is 0 Å². The molecule has 3 aromatic carbocycles. The van der Waals surface area contributed by atoms with Crippen molar-refractivity contribution >= 4 is 34.0 Å². The molecule has 0 fully saturated rings. The van der Waals surface area contributed by atoms with Gasteiger partial charge in [-0.25, -0.2) is 9.18 Å². The van der Waals surface area contributed by atoms with Crippen LogP contribution in [0.3, 0.4) is 0 Å². The molecule has 0 saturated heterocycles. The maximum atomic E-state index is 14.1. The van der Waals surface area contributed by atoms with Crippen molar-refractivity contribution in [3.8, 4) is 0 Å². The lowest BCUT2D eigenvalue weighted by Gasteiger charge is -2.21. The molecule has 1 amide bonds. The van der Waals surface area contributed by atoms with Gasteiger partial charge in [0, 0.05) is 18.1 Å². The molecule has 31 heavy (non-hydrogen) atoms. The first kappa shape index (κ1) is 20.3. The van der Waals surface area contributed by atoms with E-state index in [0.29, 0.717) is 11.3 Å². The maximum absolute atomic E-state index is 14.1. The van der Waals surface area contributed by atoms with Crippen LogP contribution in [0.4, 0.5) is 21.6 Å². The van der Waals surface area contributed by atoms with Gasteiger partial charge < -0.3 is 10.2 Å². The number of amides is 1. The van der Waals surface area contributed by atoms with Crippen molar-refractivity contribution in [1.29, 1.82) is 0 Å². The second kappa shape index (κ2) is 8.39. The van der Waals surface area contributed by atoms with Gasteiger partial charge in [0.15, 0.2) is 0 Å². The molecule has 1 N–H and O–H groups in total. The van der Waals surface area contributed by atoms with Gasteiger partial charge in [0.05, 0.1) is 11.2 Å². The average molecular weight is 416 g/mol. The van der Waals surface area contributed by atoms with E-state index in [1.165, 1.54) is 16.7 Å². The fraction of sp³-hybridized carbons (Fsp3) is 0.125. The largest absolute Gasteiger partial charge is 0.350 e. The number of halogens is 1. The predicted molar refractivity (Wildman–Crippen MR) is 120 cm³/mol. The molecule has 0 aliphatic carbocycles. The summed E-state index contributed by atoms with van der Waals surface area (Å²) in [5.41, 5.74) is 1.71. The smallest absolute Gasteiger partial charge is 0.329 e. The van der Waals surface area contributed by atoms with Crippen molar-refractivity contribution in [3.05, 3.63) is 94.7 Å². The molecule has 0 saturated carbocycles. The summed E-state index contributed by atoms with van der Waals surface area (Å²) in [5.74, 6) is -0.544. The number of rotatable bonds is 5. The lowest BCUT2D eigenvalue weighted by atomic mass is 10.2.